The molecular weight excluding hydrogens is 402 g/mol. The van der Waals surface area contributed by atoms with Crippen LogP contribution >= 0.6 is 11.6 Å². The molecule has 0 fully saturated rings. The molecule has 6 nitrogen and oxygen atoms in total. The topological polar surface area (TPSA) is 62.2 Å². The van der Waals surface area contributed by atoms with Crippen molar-refractivity contribution in [2.75, 3.05) is 20.7 Å². The third-order valence-corrected chi connectivity index (χ3v) is 5.42. The SMILES string of the molecule is COc1cccc(C2=NN(C(=O)CN(C)C(=O)C(C)C)[C@H](c3ccccc3Cl)C2)c1. The van der Waals surface area contributed by atoms with E-state index in [-0.39, 0.29) is 30.3 Å². The molecule has 2 aromatic rings. The van der Waals surface area contributed by atoms with Crippen LogP contribution in [0.2, 0.25) is 5.02 Å². The molecule has 30 heavy (non-hydrogen) atoms. The number of ether oxygens (including phenoxy) is 1. The second kappa shape index (κ2) is 9.30. The minimum absolute atomic E-state index is 0.0488. The molecule has 0 aromatic heterocycles. The molecule has 1 aliphatic heterocycles. The average Bonchev–Trinajstić information content (AvgIpc) is 3.18. The van der Waals surface area contributed by atoms with E-state index in [4.69, 9.17) is 16.3 Å². The van der Waals surface area contributed by atoms with Gasteiger partial charge in [0.1, 0.15) is 12.3 Å². The number of hydrogen-bond donors (Lipinski definition) is 0. The van der Waals surface area contributed by atoms with Crippen LogP contribution in [-0.2, 0) is 9.59 Å². The van der Waals surface area contributed by atoms with Gasteiger partial charge in [-0.3, -0.25) is 9.59 Å². The van der Waals surface area contributed by atoms with Gasteiger partial charge in [-0.1, -0.05) is 55.8 Å². The predicted molar refractivity (Wildman–Crippen MR) is 118 cm³/mol. The summed E-state index contributed by atoms with van der Waals surface area (Å²) in [5, 5.41) is 6.67. The van der Waals surface area contributed by atoms with E-state index in [0.717, 1.165) is 22.6 Å². The summed E-state index contributed by atoms with van der Waals surface area (Å²) >= 11 is 6.44. The van der Waals surface area contributed by atoms with Crippen LogP contribution in [-0.4, -0.2) is 48.1 Å². The fraction of sp³-hybridized carbons (Fsp3) is 0.348. The normalized spacial score (nSPS) is 15.9. The number of amides is 2. The summed E-state index contributed by atoms with van der Waals surface area (Å²) in [6, 6.07) is 14.7. The number of halogens is 1. The number of carbonyl (C=O) groups excluding carboxylic acids is 2. The summed E-state index contributed by atoms with van der Waals surface area (Å²) in [7, 11) is 3.24. The zero-order valence-corrected chi connectivity index (χ0v) is 18.4. The molecule has 0 bridgehead atoms. The van der Waals surface area contributed by atoms with Crippen LogP contribution in [0.5, 0.6) is 5.75 Å². The lowest BCUT2D eigenvalue weighted by molar-refractivity contribution is -0.142. The van der Waals surface area contributed by atoms with Gasteiger partial charge in [-0.05, 0) is 23.8 Å². The number of nitrogens with zero attached hydrogens (tertiary/aromatic N) is 3. The minimum atomic E-state index is -0.338. The quantitative estimate of drug-likeness (QED) is 0.696. The molecule has 1 heterocycles. The lowest BCUT2D eigenvalue weighted by atomic mass is 9.98. The van der Waals surface area contributed by atoms with Gasteiger partial charge in [-0.2, -0.15) is 5.10 Å². The zero-order chi connectivity index (χ0) is 21.8. The van der Waals surface area contributed by atoms with E-state index >= 15 is 0 Å². The summed E-state index contributed by atoms with van der Waals surface area (Å²) in [5.74, 6) is 0.191. The van der Waals surface area contributed by atoms with Crippen molar-refractivity contribution in [3.8, 4) is 5.75 Å². The van der Waals surface area contributed by atoms with Gasteiger partial charge in [-0.15, -0.1) is 0 Å². The molecular formula is C23H26ClN3O3. The summed E-state index contributed by atoms with van der Waals surface area (Å²) in [5.41, 5.74) is 2.48. The molecule has 0 aliphatic carbocycles. The van der Waals surface area contributed by atoms with Crippen LogP contribution in [0.15, 0.2) is 53.6 Å². The van der Waals surface area contributed by atoms with Crippen LogP contribution in [0.4, 0.5) is 0 Å². The highest BCUT2D eigenvalue weighted by molar-refractivity contribution is 6.31. The average molecular weight is 428 g/mol. The fourth-order valence-electron chi connectivity index (χ4n) is 3.50. The molecule has 0 saturated carbocycles. The van der Waals surface area contributed by atoms with Crippen molar-refractivity contribution in [2.24, 2.45) is 11.0 Å². The van der Waals surface area contributed by atoms with Gasteiger partial charge < -0.3 is 9.64 Å². The first-order valence-electron chi connectivity index (χ1n) is 9.85. The van der Waals surface area contributed by atoms with E-state index in [1.165, 1.54) is 9.91 Å². The molecule has 0 unspecified atom stereocenters. The van der Waals surface area contributed by atoms with Crippen LogP contribution < -0.4 is 4.74 Å². The summed E-state index contributed by atoms with van der Waals surface area (Å²) in [4.78, 5) is 26.8. The van der Waals surface area contributed by atoms with Crippen LogP contribution in [0.25, 0.3) is 0 Å². The number of likely N-dealkylation sites (N-methyl/N-ethyl adjacent to an activating group) is 1. The van der Waals surface area contributed by atoms with Crippen molar-refractivity contribution in [1.29, 1.82) is 0 Å². The highest BCUT2D eigenvalue weighted by Gasteiger charge is 2.35. The summed E-state index contributed by atoms with van der Waals surface area (Å²) < 4.78 is 5.32. The van der Waals surface area contributed by atoms with Gasteiger partial charge >= 0.3 is 0 Å². The van der Waals surface area contributed by atoms with E-state index in [1.807, 2.05) is 56.3 Å². The smallest absolute Gasteiger partial charge is 0.262 e. The molecule has 3 rings (SSSR count). The Morgan fingerprint density at radius 3 is 2.63 bits per heavy atom. The molecule has 1 atom stereocenters. The standard InChI is InChI=1S/C23H26ClN3O3/c1-15(2)23(29)26(3)14-22(28)27-21(18-10-5-6-11-19(18)24)13-20(25-27)16-8-7-9-17(12-16)30-4/h5-12,15,21H,13-14H2,1-4H3/t21-/m0/s1. The van der Waals surface area contributed by atoms with E-state index in [9.17, 15) is 9.59 Å². The van der Waals surface area contributed by atoms with E-state index < -0.39 is 0 Å². The van der Waals surface area contributed by atoms with Gasteiger partial charge in [0.2, 0.25) is 5.91 Å². The van der Waals surface area contributed by atoms with Crippen molar-refractivity contribution >= 4 is 29.1 Å². The van der Waals surface area contributed by atoms with Gasteiger partial charge in [0.15, 0.2) is 0 Å². The predicted octanol–water partition coefficient (Wildman–Crippen LogP) is 4.14. The molecule has 2 amide bonds. The summed E-state index contributed by atoms with van der Waals surface area (Å²) in [6.45, 7) is 3.57. The van der Waals surface area contributed by atoms with Crippen LogP contribution in [0.3, 0.4) is 0 Å². The Morgan fingerprint density at radius 1 is 1.23 bits per heavy atom. The van der Waals surface area contributed by atoms with Crippen molar-refractivity contribution in [1.82, 2.24) is 9.91 Å². The molecule has 0 N–H and O–H groups in total. The fourth-order valence-corrected chi connectivity index (χ4v) is 3.76. The Bertz CT molecular complexity index is 974. The summed E-state index contributed by atoms with van der Waals surface area (Å²) in [6.07, 6.45) is 0.518. The van der Waals surface area contributed by atoms with Gasteiger partial charge in [-0.25, -0.2) is 5.01 Å². The first-order chi connectivity index (χ1) is 14.3. The second-order valence-electron chi connectivity index (χ2n) is 7.61. The lowest BCUT2D eigenvalue weighted by Crippen LogP contribution is -2.40. The van der Waals surface area contributed by atoms with Crippen molar-refractivity contribution in [2.45, 2.75) is 26.3 Å². The first kappa shape index (κ1) is 21.8. The molecule has 0 spiro atoms. The molecule has 0 saturated heterocycles. The van der Waals surface area contributed by atoms with Crippen molar-refractivity contribution < 1.29 is 14.3 Å². The maximum Gasteiger partial charge on any atom is 0.262 e. The van der Waals surface area contributed by atoms with Crippen LogP contribution in [0.1, 0.15) is 37.4 Å². The molecule has 1 aliphatic rings. The van der Waals surface area contributed by atoms with Crippen LogP contribution in [0, 0.1) is 5.92 Å². The zero-order valence-electron chi connectivity index (χ0n) is 17.6. The molecule has 2 aromatic carbocycles. The largest absolute Gasteiger partial charge is 0.497 e. The third-order valence-electron chi connectivity index (χ3n) is 5.08. The van der Waals surface area contributed by atoms with Gasteiger partial charge in [0.05, 0.1) is 18.9 Å². The molecule has 158 valence electrons. The Hall–Kier alpha value is -2.86. The van der Waals surface area contributed by atoms with E-state index in [1.54, 1.807) is 20.2 Å². The monoisotopic (exact) mass is 427 g/mol. The maximum absolute atomic E-state index is 13.1. The Labute approximate surface area is 182 Å². The molecule has 7 heteroatoms. The number of hydrazone groups is 1. The number of methoxy groups -OCH3 is 1. The van der Waals surface area contributed by atoms with Gasteiger partial charge in [0.25, 0.3) is 5.91 Å². The van der Waals surface area contributed by atoms with E-state index in [2.05, 4.69) is 5.10 Å². The number of carbonyl (C=O) groups is 2. The lowest BCUT2D eigenvalue weighted by Gasteiger charge is -2.26. The second-order valence-corrected chi connectivity index (χ2v) is 8.01. The highest BCUT2D eigenvalue weighted by Crippen LogP contribution is 2.36. The third kappa shape index (κ3) is 4.65. The Kier molecular flexibility index (Phi) is 6.77. The van der Waals surface area contributed by atoms with Gasteiger partial charge in [0, 0.05) is 30.0 Å². The number of benzene rings is 2. The Morgan fingerprint density at radius 2 is 1.97 bits per heavy atom. The maximum atomic E-state index is 13.1. The van der Waals surface area contributed by atoms with Crippen molar-refractivity contribution in [3.63, 3.8) is 0 Å². The highest BCUT2D eigenvalue weighted by atomic mass is 35.5. The Balaban J connectivity index is 1.93. The number of rotatable bonds is 6. The first-order valence-corrected chi connectivity index (χ1v) is 10.2. The number of hydrogen-bond acceptors (Lipinski definition) is 4. The molecule has 0 radical (unpaired) electrons. The minimum Gasteiger partial charge on any atom is -0.497 e. The van der Waals surface area contributed by atoms with Crippen molar-refractivity contribution in [3.05, 3.63) is 64.7 Å². The van der Waals surface area contributed by atoms with E-state index in [0.29, 0.717) is 11.4 Å².